The van der Waals surface area contributed by atoms with E-state index in [0.717, 1.165) is 17.7 Å². The van der Waals surface area contributed by atoms with Gasteiger partial charge in [0.25, 0.3) is 0 Å². The van der Waals surface area contributed by atoms with E-state index in [1.807, 2.05) is 35.2 Å². The van der Waals surface area contributed by atoms with Crippen molar-refractivity contribution in [3.05, 3.63) is 60.2 Å². The Labute approximate surface area is 170 Å². The van der Waals surface area contributed by atoms with Gasteiger partial charge < -0.3 is 14.7 Å². The highest BCUT2D eigenvalue weighted by atomic mass is 19.4. The number of anilines is 2. The molecular formula is C21H19F3N4O2. The molecule has 0 atom stereocenters. The molecule has 1 aromatic heterocycles. The zero-order chi connectivity index (χ0) is 21.1. The number of hydrogen-bond donors (Lipinski definition) is 1. The molecule has 0 saturated carbocycles. The van der Waals surface area contributed by atoms with Crippen molar-refractivity contribution in [2.75, 3.05) is 23.3 Å². The third-order valence-corrected chi connectivity index (χ3v) is 5.04. The topological polar surface area (TPSA) is 71.3 Å². The molecule has 0 aliphatic carbocycles. The van der Waals surface area contributed by atoms with Gasteiger partial charge in [-0.25, -0.2) is 0 Å². The Balaban J connectivity index is 1.35. The summed E-state index contributed by atoms with van der Waals surface area (Å²) >= 11 is 0. The van der Waals surface area contributed by atoms with Crippen molar-refractivity contribution < 1.29 is 22.5 Å². The zero-order valence-electron chi connectivity index (χ0n) is 15.9. The van der Waals surface area contributed by atoms with E-state index in [0.29, 0.717) is 37.8 Å². The van der Waals surface area contributed by atoms with E-state index in [1.54, 1.807) is 0 Å². The molecule has 2 heterocycles. The standard InChI is InChI=1S/C21H19F3N4O2/c22-21(23,24)16-7-4-8-17(13-16)25-19(29)15-9-11-28(12-10-15)20-26-18(27-30-20)14-5-2-1-3-6-14/h1-8,13,15H,9-12H2,(H,25,29). The van der Waals surface area contributed by atoms with Crippen LogP contribution < -0.4 is 10.2 Å². The van der Waals surface area contributed by atoms with Gasteiger partial charge in [-0.2, -0.15) is 18.2 Å². The van der Waals surface area contributed by atoms with Gasteiger partial charge in [0.2, 0.25) is 11.7 Å². The Morgan fingerprint density at radius 1 is 1.07 bits per heavy atom. The van der Waals surface area contributed by atoms with E-state index in [1.165, 1.54) is 12.1 Å². The number of halogens is 3. The highest BCUT2D eigenvalue weighted by Crippen LogP contribution is 2.31. The molecule has 0 radical (unpaired) electrons. The summed E-state index contributed by atoms with van der Waals surface area (Å²) in [5, 5.41) is 6.60. The van der Waals surface area contributed by atoms with Crippen molar-refractivity contribution in [3.8, 4) is 11.4 Å². The number of aromatic nitrogens is 2. The van der Waals surface area contributed by atoms with Gasteiger partial charge in [0.1, 0.15) is 0 Å². The lowest BCUT2D eigenvalue weighted by molar-refractivity contribution is -0.137. The smallest absolute Gasteiger partial charge is 0.326 e. The number of benzene rings is 2. The van der Waals surface area contributed by atoms with Crippen LogP contribution in [-0.4, -0.2) is 29.1 Å². The first-order chi connectivity index (χ1) is 14.4. The number of hydrogen-bond acceptors (Lipinski definition) is 5. The van der Waals surface area contributed by atoms with E-state index in [-0.39, 0.29) is 17.5 Å². The minimum atomic E-state index is -4.45. The third-order valence-electron chi connectivity index (χ3n) is 5.04. The second kappa shape index (κ2) is 8.17. The SMILES string of the molecule is O=C(Nc1cccc(C(F)(F)F)c1)C1CCN(c2nc(-c3ccccc3)no2)CC1. The molecule has 9 heteroatoms. The van der Waals surface area contributed by atoms with Crippen LogP contribution in [0.2, 0.25) is 0 Å². The van der Waals surface area contributed by atoms with Crippen molar-refractivity contribution in [1.29, 1.82) is 0 Å². The maximum absolute atomic E-state index is 12.8. The monoisotopic (exact) mass is 416 g/mol. The molecule has 156 valence electrons. The van der Waals surface area contributed by atoms with E-state index in [2.05, 4.69) is 15.5 Å². The average Bonchev–Trinajstić information content (AvgIpc) is 3.24. The van der Waals surface area contributed by atoms with Crippen molar-refractivity contribution >= 4 is 17.6 Å². The highest BCUT2D eigenvalue weighted by molar-refractivity contribution is 5.92. The Morgan fingerprint density at radius 3 is 2.50 bits per heavy atom. The minimum Gasteiger partial charge on any atom is -0.326 e. The summed E-state index contributed by atoms with van der Waals surface area (Å²) in [5.74, 6) is -0.0909. The first-order valence-electron chi connectivity index (χ1n) is 9.52. The molecule has 3 aromatic rings. The maximum atomic E-state index is 12.8. The molecule has 6 nitrogen and oxygen atoms in total. The third kappa shape index (κ3) is 4.45. The van der Waals surface area contributed by atoms with Crippen LogP contribution in [0.3, 0.4) is 0 Å². The maximum Gasteiger partial charge on any atom is 0.416 e. The Morgan fingerprint density at radius 2 is 1.80 bits per heavy atom. The summed E-state index contributed by atoms with van der Waals surface area (Å²) in [6, 6.07) is 14.5. The van der Waals surface area contributed by atoms with E-state index in [9.17, 15) is 18.0 Å². The summed E-state index contributed by atoms with van der Waals surface area (Å²) in [6.07, 6.45) is -3.38. The molecule has 30 heavy (non-hydrogen) atoms. The molecule has 4 rings (SSSR count). The van der Waals surface area contributed by atoms with Crippen LogP contribution in [0.1, 0.15) is 18.4 Å². The Bertz CT molecular complexity index is 1010. The lowest BCUT2D eigenvalue weighted by Crippen LogP contribution is -2.38. The predicted molar refractivity (Wildman–Crippen MR) is 105 cm³/mol. The molecule has 0 bridgehead atoms. The fourth-order valence-electron chi connectivity index (χ4n) is 3.40. The molecule has 1 saturated heterocycles. The molecule has 0 spiro atoms. The van der Waals surface area contributed by atoms with E-state index >= 15 is 0 Å². The fraction of sp³-hybridized carbons (Fsp3) is 0.286. The highest BCUT2D eigenvalue weighted by Gasteiger charge is 2.31. The Hall–Kier alpha value is -3.36. The molecule has 1 N–H and O–H groups in total. The number of alkyl halides is 3. The number of piperidine rings is 1. The molecular weight excluding hydrogens is 397 g/mol. The van der Waals surface area contributed by atoms with Gasteiger partial charge in [0.05, 0.1) is 5.56 Å². The average molecular weight is 416 g/mol. The summed E-state index contributed by atoms with van der Waals surface area (Å²) in [5.41, 5.74) is 0.199. The van der Waals surface area contributed by atoms with Crippen LogP contribution in [0.15, 0.2) is 59.1 Å². The van der Waals surface area contributed by atoms with Crippen molar-refractivity contribution in [1.82, 2.24) is 10.1 Å². The number of nitrogens with zero attached hydrogens (tertiary/aromatic N) is 3. The van der Waals surface area contributed by atoms with Gasteiger partial charge in [0.15, 0.2) is 0 Å². The summed E-state index contributed by atoms with van der Waals surface area (Å²) in [7, 11) is 0. The van der Waals surface area contributed by atoms with Gasteiger partial charge in [-0.3, -0.25) is 4.79 Å². The van der Waals surface area contributed by atoms with Crippen molar-refractivity contribution in [3.63, 3.8) is 0 Å². The van der Waals surface area contributed by atoms with Gasteiger partial charge in [-0.1, -0.05) is 41.6 Å². The minimum absolute atomic E-state index is 0.140. The van der Waals surface area contributed by atoms with E-state index in [4.69, 9.17) is 4.52 Å². The first-order valence-corrected chi connectivity index (χ1v) is 9.52. The number of rotatable bonds is 4. The van der Waals surface area contributed by atoms with Crippen LogP contribution in [0, 0.1) is 5.92 Å². The van der Waals surface area contributed by atoms with Crippen LogP contribution >= 0.6 is 0 Å². The van der Waals surface area contributed by atoms with Crippen molar-refractivity contribution in [2.45, 2.75) is 19.0 Å². The van der Waals surface area contributed by atoms with Gasteiger partial charge in [0, 0.05) is 30.3 Å². The number of nitrogens with one attached hydrogen (secondary N) is 1. The quantitative estimate of drug-likeness (QED) is 0.673. The largest absolute Gasteiger partial charge is 0.416 e. The lowest BCUT2D eigenvalue weighted by Gasteiger charge is -2.29. The van der Waals surface area contributed by atoms with Crippen LogP contribution in [0.4, 0.5) is 24.9 Å². The Kier molecular flexibility index (Phi) is 5.43. The molecule has 0 unspecified atom stereocenters. The van der Waals surface area contributed by atoms with Crippen LogP contribution in [-0.2, 0) is 11.0 Å². The molecule has 1 aliphatic rings. The van der Waals surface area contributed by atoms with E-state index < -0.39 is 11.7 Å². The van der Waals surface area contributed by atoms with Crippen molar-refractivity contribution in [2.24, 2.45) is 5.92 Å². The number of carbonyl (C=O) groups excluding carboxylic acids is 1. The second-order valence-electron chi connectivity index (χ2n) is 7.10. The molecule has 2 aromatic carbocycles. The van der Waals surface area contributed by atoms with Gasteiger partial charge in [-0.15, -0.1) is 0 Å². The lowest BCUT2D eigenvalue weighted by atomic mass is 9.96. The van der Waals surface area contributed by atoms with Gasteiger partial charge >= 0.3 is 12.2 Å². The number of carbonyl (C=O) groups is 1. The predicted octanol–water partition coefficient (Wildman–Crippen LogP) is 4.61. The normalized spacial score (nSPS) is 15.2. The summed E-state index contributed by atoms with van der Waals surface area (Å²) in [4.78, 5) is 18.8. The van der Waals surface area contributed by atoms with Crippen LogP contribution in [0.5, 0.6) is 0 Å². The van der Waals surface area contributed by atoms with Gasteiger partial charge in [-0.05, 0) is 31.0 Å². The molecule has 1 amide bonds. The second-order valence-corrected chi connectivity index (χ2v) is 7.10. The zero-order valence-corrected chi connectivity index (χ0v) is 15.9. The van der Waals surface area contributed by atoms with Crippen LogP contribution in [0.25, 0.3) is 11.4 Å². The fourth-order valence-corrected chi connectivity index (χ4v) is 3.40. The molecule has 1 aliphatic heterocycles. The first kappa shape index (κ1) is 19.9. The summed E-state index contributed by atoms with van der Waals surface area (Å²) in [6.45, 7) is 1.08. The summed E-state index contributed by atoms with van der Waals surface area (Å²) < 4.78 is 43.9. The number of amides is 1. The molecule has 1 fully saturated rings.